The molecule has 0 spiro atoms. The van der Waals surface area contributed by atoms with E-state index in [0.29, 0.717) is 5.69 Å². The molecular formula is C17H17NO3. The summed E-state index contributed by atoms with van der Waals surface area (Å²) in [5.41, 5.74) is 1.53. The van der Waals surface area contributed by atoms with Crippen molar-refractivity contribution in [2.75, 3.05) is 5.32 Å². The van der Waals surface area contributed by atoms with Crippen molar-refractivity contribution in [3.63, 3.8) is 0 Å². The van der Waals surface area contributed by atoms with Gasteiger partial charge in [-0.3, -0.25) is 9.59 Å². The molecule has 21 heavy (non-hydrogen) atoms. The maximum absolute atomic E-state index is 11.9. The molecule has 0 fully saturated rings. The normalized spacial score (nSPS) is 11.5. The van der Waals surface area contributed by atoms with Crippen LogP contribution in [-0.4, -0.2) is 18.0 Å². The van der Waals surface area contributed by atoms with Crippen molar-refractivity contribution < 1.29 is 14.3 Å². The number of rotatable bonds is 5. The molecule has 4 nitrogen and oxygen atoms in total. The second kappa shape index (κ2) is 7.24. The zero-order valence-corrected chi connectivity index (χ0v) is 11.8. The number of carbonyl (C=O) groups is 2. The lowest BCUT2D eigenvalue weighted by molar-refractivity contribution is -0.152. The first-order valence-corrected chi connectivity index (χ1v) is 6.74. The van der Waals surface area contributed by atoms with Gasteiger partial charge in [-0.05, 0) is 24.6 Å². The van der Waals surface area contributed by atoms with Crippen LogP contribution in [0.4, 0.5) is 5.69 Å². The fraction of sp³-hybridized carbons (Fsp3) is 0.176. The summed E-state index contributed by atoms with van der Waals surface area (Å²) < 4.78 is 5.14. The number of anilines is 1. The summed E-state index contributed by atoms with van der Waals surface area (Å²) in [4.78, 5) is 23.7. The van der Waals surface area contributed by atoms with Crippen LogP contribution in [0.25, 0.3) is 0 Å². The Balaban J connectivity index is 1.84. The van der Waals surface area contributed by atoms with Crippen molar-refractivity contribution in [2.45, 2.75) is 19.4 Å². The van der Waals surface area contributed by atoms with E-state index in [0.717, 1.165) is 5.56 Å². The number of hydrogen-bond acceptors (Lipinski definition) is 3. The van der Waals surface area contributed by atoms with E-state index in [1.807, 2.05) is 48.5 Å². The van der Waals surface area contributed by atoms with Crippen molar-refractivity contribution in [1.29, 1.82) is 0 Å². The van der Waals surface area contributed by atoms with Crippen LogP contribution < -0.4 is 5.32 Å². The topological polar surface area (TPSA) is 55.4 Å². The summed E-state index contributed by atoms with van der Waals surface area (Å²) in [6, 6.07) is 18.3. The molecular weight excluding hydrogens is 266 g/mol. The molecule has 2 aromatic carbocycles. The third kappa shape index (κ3) is 4.76. The van der Waals surface area contributed by atoms with Gasteiger partial charge in [-0.25, -0.2) is 0 Å². The maximum atomic E-state index is 11.9. The van der Waals surface area contributed by atoms with E-state index in [1.54, 1.807) is 19.1 Å². The molecule has 0 aliphatic rings. The number of para-hydroxylation sites is 1. The first-order chi connectivity index (χ1) is 10.1. The van der Waals surface area contributed by atoms with Gasteiger partial charge in [0.2, 0.25) is 0 Å². The van der Waals surface area contributed by atoms with Gasteiger partial charge in [-0.15, -0.1) is 0 Å². The van der Waals surface area contributed by atoms with E-state index in [9.17, 15) is 9.59 Å². The van der Waals surface area contributed by atoms with Crippen LogP contribution in [0.1, 0.15) is 12.5 Å². The van der Waals surface area contributed by atoms with E-state index in [-0.39, 0.29) is 12.3 Å². The maximum Gasteiger partial charge on any atom is 0.311 e. The van der Waals surface area contributed by atoms with Gasteiger partial charge >= 0.3 is 5.97 Å². The number of hydrogen-bond donors (Lipinski definition) is 1. The minimum absolute atomic E-state index is 0.157. The lowest BCUT2D eigenvalue weighted by Gasteiger charge is -2.13. The second-order valence-electron chi connectivity index (χ2n) is 4.65. The van der Waals surface area contributed by atoms with Crippen LogP contribution in [0.3, 0.4) is 0 Å². The van der Waals surface area contributed by atoms with Crippen molar-refractivity contribution in [3.8, 4) is 0 Å². The number of carbonyl (C=O) groups excluding carboxylic acids is 2. The number of amides is 1. The second-order valence-corrected chi connectivity index (χ2v) is 4.65. The fourth-order valence-corrected chi connectivity index (χ4v) is 1.82. The van der Waals surface area contributed by atoms with Gasteiger partial charge in [0.25, 0.3) is 5.91 Å². The fourth-order valence-electron chi connectivity index (χ4n) is 1.82. The van der Waals surface area contributed by atoms with Crippen LogP contribution in [0.2, 0.25) is 0 Å². The molecule has 1 amide bonds. The first kappa shape index (κ1) is 14.8. The van der Waals surface area contributed by atoms with E-state index < -0.39 is 12.1 Å². The molecule has 0 aromatic heterocycles. The highest BCUT2D eigenvalue weighted by Gasteiger charge is 2.17. The Labute approximate surface area is 123 Å². The van der Waals surface area contributed by atoms with Crippen LogP contribution in [-0.2, 0) is 20.7 Å². The van der Waals surface area contributed by atoms with E-state index in [4.69, 9.17) is 4.74 Å². The SMILES string of the molecule is C[C@H](OC(=O)Cc1ccccc1)C(=O)Nc1ccccc1. The number of ether oxygens (including phenoxy) is 1. The van der Waals surface area contributed by atoms with Gasteiger partial charge in [0.05, 0.1) is 6.42 Å². The van der Waals surface area contributed by atoms with Crippen LogP contribution in [0.15, 0.2) is 60.7 Å². The third-order valence-electron chi connectivity index (χ3n) is 2.91. The molecule has 4 heteroatoms. The van der Waals surface area contributed by atoms with Gasteiger partial charge in [-0.2, -0.15) is 0 Å². The van der Waals surface area contributed by atoms with E-state index >= 15 is 0 Å². The smallest absolute Gasteiger partial charge is 0.311 e. The molecule has 1 atom stereocenters. The number of esters is 1. The number of benzene rings is 2. The predicted octanol–water partition coefficient (Wildman–Crippen LogP) is 2.80. The van der Waals surface area contributed by atoms with E-state index in [2.05, 4.69) is 5.32 Å². The molecule has 0 heterocycles. The minimum Gasteiger partial charge on any atom is -0.452 e. The van der Waals surface area contributed by atoms with Gasteiger partial charge < -0.3 is 10.1 Å². The third-order valence-corrected chi connectivity index (χ3v) is 2.91. The highest BCUT2D eigenvalue weighted by atomic mass is 16.5. The Bertz CT molecular complexity index is 596. The van der Waals surface area contributed by atoms with Crippen LogP contribution in [0, 0.1) is 0 Å². The summed E-state index contributed by atoms with van der Waals surface area (Å²) in [6.45, 7) is 1.56. The average Bonchev–Trinajstić information content (AvgIpc) is 2.49. The zero-order chi connectivity index (χ0) is 15.1. The highest BCUT2D eigenvalue weighted by Crippen LogP contribution is 2.07. The Hall–Kier alpha value is -2.62. The molecule has 0 aliphatic carbocycles. The summed E-state index contributed by atoms with van der Waals surface area (Å²) in [7, 11) is 0. The lowest BCUT2D eigenvalue weighted by Crippen LogP contribution is -2.30. The first-order valence-electron chi connectivity index (χ1n) is 6.74. The molecule has 2 aromatic rings. The molecule has 0 bridgehead atoms. The van der Waals surface area contributed by atoms with Crippen LogP contribution >= 0.6 is 0 Å². The van der Waals surface area contributed by atoms with Crippen molar-refractivity contribution in [3.05, 3.63) is 66.2 Å². The van der Waals surface area contributed by atoms with Crippen molar-refractivity contribution in [1.82, 2.24) is 0 Å². The summed E-state index contributed by atoms with van der Waals surface area (Å²) in [6.07, 6.45) is -0.675. The molecule has 0 saturated carbocycles. The van der Waals surface area contributed by atoms with E-state index in [1.165, 1.54) is 0 Å². The Morgan fingerprint density at radius 1 is 1.00 bits per heavy atom. The molecule has 108 valence electrons. The largest absolute Gasteiger partial charge is 0.452 e. The highest BCUT2D eigenvalue weighted by molar-refractivity contribution is 5.95. The minimum atomic E-state index is -0.832. The van der Waals surface area contributed by atoms with Gasteiger partial charge in [0, 0.05) is 5.69 Å². The summed E-state index contributed by atoms with van der Waals surface area (Å²) in [5.74, 6) is -0.764. The quantitative estimate of drug-likeness (QED) is 0.858. The lowest BCUT2D eigenvalue weighted by atomic mass is 10.1. The van der Waals surface area contributed by atoms with Crippen molar-refractivity contribution >= 4 is 17.6 Å². The molecule has 0 aliphatic heterocycles. The van der Waals surface area contributed by atoms with Crippen LogP contribution in [0.5, 0.6) is 0 Å². The molecule has 0 radical (unpaired) electrons. The summed E-state index contributed by atoms with van der Waals surface area (Å²) in [5, 5.41) is 2.69. The zero-order valence-electron chi connectivity index (χ0n) is 11.8. The van der Waals surface area contributed by atoms with Gasteiger partial charge in [0.15, 0.2) is 6.10 Å². The summed E-state index contributed by atoms with van der Waals surface area (Å²) >= 11 is 0. The molecule has 1 N–H and O–H groups in total. The number of nitrogens with one attached hydrogen (secondary N) is 1. The predicted molar refractivity (Wildman–Crippen MR) is 80.8 cm³/mol. The molecule has 2 rings (SSSR count). The standard InChI is InChI=1S/C17H17NO3/c1-13(17(20)18-15-10-6-3-7-11-15)21-16(19)12-14-8-4-2-5-9-14/h2-11,13H,12H2,1H3,(H,18,20)/t13-/m0/s1. The molecule has 0 unspecified atom stereocenters. The Morgan fingerprint density at radius 3 is 2.19 bits per heavy atom. The van der Waals surface area contributed by atoms with Gasteiger partial charge in [0.1, 0.15) is 0 Å². The molecule has 0 saturated heterocycles. The Morgan fingerprint density at radius 2 is 1.57 bits per heavy atom. The van der Waals surface area contributed by atoms with Crippen molar-refractivity contribution in [2.24, 2.45) is 0 Å². The monoisotopic (exact) mass is 283 g/mol. The Kier molecular flexibility index (Phi) is 5.10. The van der Waals surface area contributed by atoms with Gasteiger partial charge in [-0.1, -0.05) is 48.5 Å². The average molecular weight is 283 g/mol.